The molecule has 1 nitrogen and oxygen atoms in total. The summed E-state index contributed by atoms with van der Waals surface area (Å²) in [7, 11) is 2.02. The van der Waals surface area contributed by atoms with Crippen molar-refractivity contribution in [3.05, 3.63) is 55.7 Å². The first-order valence-corrected chi connectivity index (χ1v) is 7.78. The van der Waals surface area contributed by atoms with Gasteiger partial charge in [-0.3, -0.25) is 0 Å². The van der Waals surface area contributed by atoms with Crippen LogP contribution in [0, 0.1) is 6.92 Å². The van der Waals surface area contributed by atoms with E-state index in [-0.39, 0.29) is 6.04 Å². The number of halogens is 1. The molecule has 0 bridgehead atoms. The third kappa shape index (κ3) is 3.02. The van der Waals surface area contributed by atoms with Crippen molar-refractivity contribution in [3.8, 4) is 0 Å². The molecular weight excluding hydrogens is 306 g/mol. The monoisotopic (exact) mass is 323 g/mol. The molecule has 1 aromatic carbocycles. The van der Waals surface area contributed by atoms with Crippen LogP contribution >= 0.6 is 27.3 Å². The Morgan fingerprint density at radius 3 is 2.61 bits per heavy atom. The minimum absolute atomic E-state index is 0.284. The van der Waals surface area contributed by atoms with Crippen molar-refractivity contribution >= 4 is 27.3 Å². The SMILES string of the molecule is CCc1ccc(C(NC)c2cc(C)cc(Br)c2)s1. The van der Waals surface area contributed by atoms with Crippen molar-refractivity contribution in [2.45, 2.75) is 26.3 Å². The maximum absolute atomic E-state index is 3.58. The Balaban J connectivity index is 2.38. The molecule has 1 heterocycles. The summed E-state index contributed by atoms with van der Waals surface area (Å²) in [5.41, 5.74) is 2.60. The molecule has 3 heteroatoms. The van der Waals surface area contributed by atoms with E-state index >= 15 is 0 Å². The van der Waals surface area contributed by atoms with Gasteiger partial charge in [0.05, 0.1) is 6.04 Å². The van der Waals surface area contributed by atoms with Crippen LogP contribution < -0.4 is 5.32 Å². The Morgan fingerprint density at radius 1 is 1.28 bits per heavy atom. The minimum Gasteiger partial charge on any atom is -0.309 e. The van der Waals surface area contributed by atoms with Crippen molar-refractivity contribution in [2.75, 3.05) is 7.05 Å². The van der Waals surface area contributed by atoms with Crippen LogP contribution in [-0.4, -0.2) is 7.05 Å². The van der Waals surface area contributed by atoms with E-state index in [1.165, 1.54) is 20.9 Å². The van der Waals surface area contributed by atoms with Crippen LogP contribution in [0.5, 0.6) is 0 Å². The average molecular weight is 324 g/mol. The van der Waals surface area contributed by atoms with Crippen LogP contribution in [0.1, 0.15) is 33.8 Å². The minimum atomic E-state index is 0.284. The Hall–Kier alpha value is -0.640. The van der Waals surface area contributed by atoms with Gasteiger partial charge < -0.3 is 5.32 Å². The van der Waals surface area contributed by atoms with Gasteiger partial charge in [-0.25, -0.2) is 0 Å². The van der Waals surface area contributed by atoms with Crippen LogP contribution in [0.15, 0.2) is 34.8 Å². The maximum Gasteiger partial charge on any atom is 0.0669 e. The summed E-state index contributed by atoms with van der Waals surface area (Å²) in [6.45, 7) is 4.33. The summed E-state index contributed by atoms with van der Waals surface area (Å²) < 4.78 is 1.14. The number of benzene rings is 1. The lowest BCUT2D eigenvalue weighted by Gasteiger charge is -2.16. The van der Waals surface area contributed by atoms with E-state index in [0.717, 1.165) is 10.9 Å². The Labute approximate surface area is 121 Å². The van der Waals surface area contributed by atoms with Gasteiger partial charge in [0.15, 0.2) is 0 Å². The molecule has 0 saturated carbocycles. The lowest BCUT2D eigenvalue weighted by molar-refractivity contribution is 0.703. The Bertz CT molecular complexity index is 513. The third-order valence-corrected chi connectivity index (χ3v) is 4.75. The molecule has 0 fully saturated rings. The molecule has 0 aliphatic carbocycles. The fourth-order valence-corrected chi connectivity index (χ4v) is 3.86. The summed E-state index contributed by atoms with van der Waals surface area (Å²) in [5.74, 6) is 0. The number of rotatable bonds is 4. The first-order valence-electron chi connectivity index (χ1n) is 6.17. The van der Waals surface area contributed by atoms with Crippen molar-refractivity contribution in [1.82, 2.24) is 5.32 Å². The van der Waals surface area contributed by atoms with E-state index in [1.807, 2.05) is 18.4 Å². The third-order valence-electron chi connectivity index (χ3n) is 3.00. The molecule has 0 amide bonds. The number of aryl methyl sites for hydroxylation is 2. The first kappa shape index (κ1) is 13.8. The van der Waals surface area contributed by atoms with Crippen LogP contribution in [0.4, 0.5) is 0 Å². The lowest BCUT2D eigenvalue weighted by atomic mass is 10.0. The maximum atomic E-state index is 3.58. The number of nitrogens with one attached hydrogen (secondary N) is 1. The van der Waals surface area contributed by atoms with Gasteiger partial charge in [-0.05, 0) is 55.8 Å². The van der Waals surface area contributed by atoms with Gasteiger partial charge in [-0.15, -0.1) is 11.3 Å². The highest BCUT2D eigenvalue weighted by Crippen LogP contribution is 2.30. The van der Waals surface area contributed by atoms with Crippen molar-refractivity contribution in [2.24, 2.45) is 0 Å². The molecule has 1 N–H and O–H groups in total. The largest absolute Gasteiger partial charge is 0.309 e. The molecule has 1 unspecified atom stereocenters. The van der Waals surface area contributed by atoms with Crippen LogP contribution in [-0.2, 0) is 6.42 Å². The highest BCUT2D eigenvalue weighted by Gasteiger charge is 2.14. The standard InChI is InChI=1S/C15H18BrNS/c1-4-13-5-6-14(18-13)15(17-3)11-7-10(2)8-12(16)9-11/h5-9,15,17H,4H2,1-3H3. The zero-order chi connectivity index (χ0) is 13.1. The molecule has 0 aliphatic heterocycles. The van der Waals surface area contributed by atoms with E-state index < -0.39 is 0 Å². The van der Waals surface area contributed by atoms with E-state index in [9.17, 15) is 0 Å². The summed E-state index contributed by atoms with van der Waals surface area (Å²) in [5, 5.41) is 3.42. The second-order valence-corrected chi connectivity index (χ2v) is 6.56. The molecule has 1 aromatic heterocycles. The molecule has 1 atom stereocenters. The molecular formula is C15H18BrNS. The van der Waals surface area contributed by atoms with E-state index in [0.29, 0.717) is 0 Å². The summed E-state index contributed by atoms with van der Waals surface area (Å²) in [6.07, 6.45) is 1.11. The van der Waals surface area contributed by atoms with Crippen molar-refractivity contribution in [3.63, 3.8) is 0 Å². The topological polar surface area (TPSA) is 12.0 Å². The van der Waals surface area contributed by atoms with Gasteiger partial charge in [-0.1, -0.05) is 28.9 Å². The fourth-order valence-electron chi connectivity index (χ4n) is 2.14. The van der Waals surface area contributed by atoms with Gasteiger partial charge in [0.2, 0.25) is 0 Å². The molecule has 0 radical (unpaired) electrons. The molecule has 0 saturated heterocycles. The van der Waals surface area contributed by atoms with E-state index in [2.05, 4.69) is 65.4 Å². The predicted octanol–water partition coefficient (Wildman–Crippen LogP) is 4.69. The zero-order valence-electron chi connectivity index (χ0n) is 11.0. The van der Waals surface area contributed by atoms with Gasteiger partial charge in [0, 0.05) is 14.2 Å². The molecule has 0 spiro atoms. The van der Waals surface area contributed by atoms with Crippen LogP contribution in [0.25, 0.3) is 0 Å². The van der Waals surface area contributed by atoms with Gasteiger partial charge in [0.1, 0.15) is 0 Å². The summed E-state index contributed by atoms with van der Waals surface area (Å²) in [4.78, 5) is 2.82. The number of hydrogen-bond acceptors (Lipinski definition) is 2. The molecule has 2 rings (SSSR count). The van der Waals surface area contributed by atoms with Crippen molar-refractivity contribution < 1.29 is 0 Å². The first-order chi connectivity index (χ1) is 8.63. The number of thiophene rings is 1. The van der Waals surface area contributed by atoms with Crippen molar-refractivity contribution in [1.29, 1.82) is 0 Å². The second-order valence-electron chi connectivity index (χ2n) is 4.44. The van der Waals surface area contributed by atoms with E-state index in [1.54, 1.807) is 0 Å². The predicted molar refractivity (Wildman–Crippen MR) is 83.5 cm³/mol. The lowest BCUT2D eigenvalue weighted by Crippen LogP contribution is -2.16. The Kier molecular flexibility index (Phi) is 4.60. The number of hydrogen-bond donors (Lipinski definition) is 1. The van der Waals surface area contributed by atoms with Crippen LogP contribution in [0.2, 0.25) is 0 Å². The smallest absolute Gasteiger partial charge is 0.0669 e. The second kappa shape index (κ2) is 6.00. The van der Waals surface area contributed by atoms with Gasteiger partial charge in [0.25, 0.3) is 0 Å². The highest BCUT2D eigenvalue weighted by atomic mass is 79.9. The quantitative estimate of drug-likeness (QED) is 0.860. The zero-order valence-corrected chi connectivity index (χ0v) is 13.4. The summed E-state index contributed by atoms with van der Waals surface area (Å²) >= 11 is 5.47. The molecule has 18 heavy (non-hydrogen) atoms. The summed E-state index contributed by atoms with van der Waals surface area (Å²) in [6, 6.07) is 11.3. The Morgan fingerprint density at radius 2 is 2.06 bits per heavy atom. The van der Waals surface area contributed by atoms with Gasteiger partial charge >= 0.3 is 0 Å². The highest BCUT2D eigenvalue weighted by molar-refractivity contribution is 9.10. The fraction of sp³-hybridized carbons (Fsp3) is 0.333. The average Bonchev–Trinajstić information content (AvgIpc) is 2.77. The normalized spacial score (nSPS) is 12.7. The molecule has 96 valence electrons. The van der Waals surface area contributed by atoms with Gasteiger partial charge in [-0.2, -0.15) is 0 Å². The molecule has 2 aromatic rings. The molecule has 0 aliphatic rings. The van der Waals surface area contributed by atoms with E-state index in [4.69, 9.17) is 0 Å². The van der Waals surface area contributed by atoms with Crippen LogP contribution in [0.3, 0.4) is 0 Å².